The van der Waals surface area contributed by atoms with Crippen molar-refractivity contribution in [3.05, 3.63) is 52.5 Å². The van der Waals surface area contributed by atoms with Crippen LogP contribution in [-0.4, -0.2) is 37.5 Å². The van der Waals surface area contributed by atoms with Crippen molar-refractivity contribution in [3.63, 3.8) is 0 Å². The summed E-state index contributed by atoms with van der Waals surface area (Å²) in [6.45, 7) is 5.12. The number of hydrogen-bond acceptors (Lipinski definition) is 4. The van der Waals surface area contributed by atoms with E-state index in [0.717, 1.165) is 42.6 Å². The number of morpholine rings is 1. The Labute approximate surface area is 167 Å². The number of ether oxygens (including phenoxy) is 1. The van der Waals surface area contributed by atoms with Crippen LogP contribution in [-0.2, 0) is 9.53 Å². The van der Waals surface area contributed by atoms with Crippen molar-refractivity contribution >= 4 is 52.2 Å². The number of rotatable bonds is 5. The molecule has 7 heteroatoms. The molecule has 0 saturated carbocycles. The third-order valence-corrected chi connectivity index (χ3v) is 5.91. The van der Waals surface area contributed by atoms with E-state index in [0.29, 0.717) is 10.0 Å². The normalized spacial score (nSPS) is 15.6. The molecule has 1 amide bonds. The predicted molar refractivity (Wildman–Crippen MR) is 110 cm³/mol. The zero-order valence-electron chi connectivity index (χ0n) is 14.4. The van der Waals surface area contributed by atoms with Gasteiger partial charge in [-0.05, 0) is 49.4 Å². The smallest absolute Gasteiger partial charge is 0.237 e. The molecular weight excluding hydrogens is 391 g/mol. The van der Waals surface area contributed by atoms with Crippen molar-refractivity contribution in [1.29, 1.82) is 0 Å². The standard InChI is InChI=1S/C19H20Cl2N2O2S/c1-13(26-18-12-14(20)2-7-17(18)21)19(24)22-15-3-5-16(6-4-15)23-8-10-25-11-9-23/h2-7,12-13H,8-11H2,1H3,(H,22,24)/t13-/m1/s1. The van der Waals surface area contributed by atoms with E-state index in [1.807, 2.05) is 31.2 Å². The van der Waals surface area contributed by atoms with E-state index in [2.05, 4.69) is 10.2 Å². The summed E-state index contributed by atoms with van der Waals surface area (Å²) in [5.41, 5.74) is 1.91. The van der Waals surface area contributed by atoms with Crippen LogP contribution in [0.25, 0.3) is 0 Å². The largest absolute Gasteiger partial charge is 0.378 e. The first kappa shape index (κ1) is 19.4. The van der Waals surface area contributed by atoms with Gasteiger partial charge in [0.1, 0.15) is 0 Å². The van der Waals surface area contributed by atoms with Crippen molar-refractivity contribution < 1.29 is 9.53 Å². The Morgan fingerprint density at radius 2 is 1.85 bits per heavy atom. The van der Waals surface area contributed by atoms with Crippen LogP contribution in [0, 0.1) is 0 Å². The van der Waals surface area contributed by atoms with Gasteiger partial charge in [0.15, 0.2) is 0 Å². The molecule has 0 radical (unpaired) electrons. The molecule has 1 aliphatic rings. The fourth-order valence-corrected chi connectivity index (χ4v) is 4.04. The lowest BCUT2D eigenvalue weighted by molar-refractivity contribution is -0.115. The molecule has 2 aromatic carbocycles. The second kappa shape index (κ2) is 9.00. The summed E-state index contributed by atoms with van der Waals surface area (Å²) in [6, 6.07) is 13.1. The monoisotopic (exact) mass is 410 g/mol. The predicted octanol–water partition coefficient (Wildman–Crippen LogP) is 4.95. The zero-order chi connectivity index (χ0) is 18.5. The Hall–Kier alpha value is -1.40. The first-order valence-electron chi connectivity index (χ1n) is 8.38. The van der Waals surface area contributed by atoms with Crippen molar-refractivity contribution in [2.75, 3.05) is 36.5 Å². The summed E-state index contributed by atoms with van der Waals surface area (Å²) in [5.74, 6) is -0.0786. The highest BCUT2D eigenvalue weighted by molar-refractivity contribution is 8.00. The first-order valence-corrected chi connectivity index (χ1v) is 10.0. The van der Waals surface area contributed by atoms with Crippen LogP contribution in [0.2, 0.25) is 10.0 Å². The Bertz CT molecular complexity index is 765. The van der Waals surface area contributed by atoms with Crippen LogP contribution >= 0.6 is 35.0 Å². The number of carbonyl (C=O) groups is 1. The molecule has 0 unspecified atom stereocenters. The molecular formula is C19H20Cl2N2O2S. The second-order valence-corrected chi connectivity index (χ2v) is 8.20. The van der Waals surface area contributed by atoms with Gasteiger partial charge in [-0.25, -0.2) is 0 Å². The van der Waals surface area contributed by atoms with E-state index < -0.39 is 0 Å². The fraction of sp³-hybridized carbons (Fsp3) is 0.316. The Balaban J connectivity index is 1.59. The Morgan fingerprint density at radius 3 is 2.54 bits per heavy atom. The van der Waals surface area contributed by atoms with E-state index in [-0.39, 0.29) is 11.2 Å². The van der Waals surface area contributed by atoms with Crippen LogP contribution in [0.3, 0.4) is 0 Å². The highest BCUT2D eigenvalue weighted by Crippen LogP contribution is 2.33. The molecule has 1 atom stereocenters. The number of halogens is 2. The van der Waals surface area contributed by atoms with E-state index in [1.165, 1.54) is 11.8 Å². The van der Waals surface area contributed by atoms with Gasteiger partial charge in [-0.3, -0.25) is 4.79 Å². The van der Waals surface area contributed by atoms with Crippen LogP contribution in [0.5, 0.6) is 0 Å². The van der Waals surface area contributed by atoms with Gasteiger partial charge >= 0.3 is 0 Å². The SMILES string of the molecule is C[C@@H](Sc1cc(Cl)ccc1Cl)C(=O)Nc1ccc(N2CCOCC2)cc1. The highest BCUT2D eigenvalue weighted by atomic mass is 35.5. The van der Waals surface area contributed by atoms with Crippen LogP contribution in [0.4, 0.5) is 11.4 Å². The fourth-order valence-electron chi connectivity index (χ4n) is 2.63. The lowest BCUT2D eigenvalue weighted by Gasteiger charge is -2.28. The van der Waals surface area contributed by atoms with E-state index in [9.17, 15) is 4.79 Å². The van der Waals surface area contributed by atoms with Crippen LogP contribution < -0.4 is 10.2 Å². The van der Waals surface area contributed by atoms with Gasteiger partial charge in [0.25, 0.3) is 0 Å². The van der Waals surface area contributed by atoms with Crippen molar-refractivity contribution in [2.45, 2.75) is 17.1 Å². The van der Waals surface area contributed by atoms with E-state index >= 15 is 0 Å². The summed E-state index contributed by atoms with van der Waals surface area (Å²) in [7, 11) is 0. The topological polar surface area (TPSA) is 41.6 Å². The summed E-state index contributed by atoms with van der Waals surface area (Å²) in [6.07, 6.45) is 0. The molecule has 4 nitrogen and oxygen atoms in total. The number of amides is 1. The molecule has 1 saturated heterocycles. The Kier molecular flexibility index (Phi) is 6.70. The van der Waals surface area contributed by atoms with Crippen molar-refractivity contribution in [2.24, 2.45) is 0 Å². The third kappa shape index (κ3) is 5.07. The lowest BCUT2D eigenvalue weighted by Crippen LogP contribution is -2.36. The maximum absolute atomic E-state index is 12.5. The molecule has 1 heterocycles. The Morgan fingerprint density at radius 1 is 1.15 bits per heavy atom. The van der Waals surface area contributed by atoms with Gasteiger partial charge in [0.2, 0.25) is 5.91 Å². The van der Waals surface area contributed by atoms with Gasteiger partial charge in [0.05, 0.1) is 23.5 Å². The average Bonchev–Trinajstić information content (AvgIpc) is 2.66. The first-order chi connectivity index (χ1) is 12.5. The minimum atomic E-state index is -0.301. The second-order valence-electron chi connectivity index (χ2n) is 5.97. The van der Waals surface area contributed by atoms with Crippen LogP contribution in [0.1, 0.15) is 6.92 Å². The maximum atomic E-state index is 12.5. The summed E-state index contributed by atoms with van der Waals surface area (Å²) >= 11 is 13.6. The van der Waals surface area contributed by atoms with Gasteiger partial charge < -0.3 is 15.0 Å². The molecule has 1 N–H and O–H groups in total. The van der Waals surface area contributed by atoms with Crippen molar-refractivity contribution in [1.82, 2.24) is 0 Å². The molecule has 138 valence electrons. The molecule has 1 aliphatic heterocycles. The minimum Gasteiger partial charge on any atom is -0.378 e. The molecule has 0 spiro atoms. The summed E-state index contributed by atoms with van der Waals surface area (Å²) in [5, 5.41) is 3.84. The quantitative estimate of drug-likeness (QED) is 0.707. The molecule has 26 heavy (non-hydrogen) atoms. The van der Waals surface area contributed by atoms with Crippen molar-refractivity contribution in [3.8, 4) is 0 Å². The number of benzene rings is 2. The number of hydrogen-bond donors (Lipinski definition) is 1. The third-order valence-electron chi connectivity index (χ3n) is 4.08. The maximum Gasteiger partial charge on any atom is 0.237 e. The van der Waals surface area contributed by atoms with Gasteiger partial charge in [0, 0.05) is 34.4 Å². The molecule has 1 fully saturated rings. The van der Waals surface area contributed by atoms with E-state index in [1.54, 1.807) is 18.2 Å². The molecule has 0 aliphatic carbocycles. The highest BCUT2D eigenvalue weighted by Gasteiger charge is 2.17. The number of thioether (sulfide) groups is 1. The summed E-state index contributed by atoms with van der Waals surface area (Å²) in [4.78, 5) is 15.5. The molecule has 3 rings (SSSR count). The number of nitrogens with zero attached hydrogens (tertiary/aromatic N) is 1. The zero-order valence-corrected chi connectivity index (χ0v) is 16.7. The molecule has 2 aromatic rings. The van der Waals surface area contributed by atoms with Gasteiger partial charge in [-0.15, -0.1) is 11.8 Å². The minimum absolute atomic E-state index is 0.0786. The van der Waals surface area contributed by atoms with E-state index in [4.69, 9.17) is 27.9 Å². The number of carbonyl (C=O) groups excluding carboxylic acids is 1. The molecule has 0 aromatic heterocycles. The average molecular weight is 411 g/mol. The van der Waals surface area contributed by atoms with Crippen LogP contribution in [0.15, 0.2) is 47.4 Å². The lowest BCUT2D eigenvalue weighted by atomic mass is 10.2. The number of nitrogens with one attached hydrogen (secondary N) is 1. The summed E-state index contributed by atoms with van der Waals surface area (Å²) < 4.78 is 5.37. The number of anilines is 2. The van der Waals surface area contributed by atoms with Gasteiger partial charge in [-0.2, -0.15) is 0 Å². The van der Waals surface area contributed by atoms with Gasteiger partial charge in [-0.1, -0.05) is 23.2 Å². The molecule has 0 bridgehead atoms.